The summed E-state index contributed by atoms with van der Waals surface area (Å²) in [5.41, 5.74) is -0.0398. The zero-order valence-corrected chi connectivity index (χ0v) is 11.2. The fraction of sp³-hybridized carbons (Fsp3) is 0.750. The molecule has 1 aliphatic heterocycles. The van der Waals surface area contributed by atoms with E-state index in [4.69, 9.17) is 4.74 Å². The summed E-state index contributed by atoms with van der Waals surface area (Å²) in [6.07, 6.45) is 4.13. The van der Waals surface area contributed by atoms with Crippen molar-refractivity contribution in [1.82, 2.24) is 15.2 Å². The SMILES string of the molecule is CC(C)(C)Nc1cnnc(NCC2CCCO2)n1. The largest absolute Gasteiger partial charge is 0.376 e. The highest BCUT2D eigenvalue weighted by Gasteiger charge is 2.16. The van der Waals surface area contributed by atoms with Crippen LogP contribution in [-0.4, -0.2) is 40.0 Å². The Bertz CT molecular complexity index is 384. The molecular formula is C12H21N5O. The topological polar surface area (TPSA) is 72.0 Å². The number of aromatic nitrogens is 3. The zero-order valence-electron chi connectivity index (χ0n) is 11.2. The molecule has 0 spiro atoms. The molecule has 2 heterocycles. The Morgan fingerprint density at radius 1 is 1.44 bits per heavy atom. The van der Waals surface area contributed by atoms with E-state index in [0.717, 1.165) is 31.8 Å². The van der Waals surface area contributed by atoms with Crippen LogP contribution in [0.25, 0.3) is 0 Å². The first-order valence-corrected chi connectivity index (χ1v) is 6.36. The van der Waals surface area contributed by atoms with Crippen LogP contribution in [0.5, 0.6) is 0 Å². The van der Waals surface area contributed by atoms with Crippen LogP contribution in [-0.2, 0) is 4.74 Å². The van der Waals surface area contributed by atoms with Gasteiger partial charge in [0.2, 0.25) is 5.95 Å². The van der Waals surface area contributed by atoms with Gasteiger partial charge in [0.05, 0.1) is 12.3 Å². The molecule has 2 N–H and O–H groups in total. The first-order chi connectivity index (χ1) is 8.53. The Morgan fingerprint density at radius 3 is 2.94 bits per heavy atom. The molecule has 1 atom stereocenters. The van der Waals surface area contributed by atoms with Gasteiger partial charge in [0.15, 0.2) is 5.82 Å². The third kappa shape index (κ3) is 4.10. The van der Waals surface area contributed by atoms with Crippen LogP contribution in [0.1, 0.15) is 33.6 Å². The molecule has 0 amide bonds. The van der Waals surface area contributed by atoms with E-state index in [1.807, 2.05) is 0 Å². The minimum atomic E-state index is -0.0398. The second-order valence-corrected chi connectivity index (χ2v) is 5.56. The Kier molecular flexibility index (Phi) is 3.96. The molecule has 0 aromatic carbocycles. The zero-order chi connectivity index (χ0) is 13.0. The van der Waals surface area contributed by atoms with E-state index in [-0.39, 0.29) is 11.6 Å². The van der Waals surface area contributed by atoms with E-state index in [9.17, 15) is 0 Å². The van der Waals surface area contributed by atoms with Gasteiger partial charge >= 0.3 is 0 Å². The van der Waals surface area contributed by atoms with E-state index in [1.54, 1.807) is 6.20 Å². The molecule has 6 nitrogen and oxygen atoms in total. The van der Waals surface area contributed by atoms with Crippen LogP contribution in [0.15, 0.2) is 6.20 Å². The molecule has 0 saturated carbocycles. The van der Waals surface area contributed by atoms with Crippen LogP contribution in [0.2, 0.25) is 0 Å². The standard InChI is InChI=1S/C12H21N5O/c1-12(2,3)16-10-8-14-17-11(15-10)13-7-9-5-4-6-18-9/h8-9H,4-7H2,1-3H3,(H2,13,15,16,17). The molecule has 1 fully saturated rings. The first-order valence-electron chi connectivity index (χ1n) is 6.36. The molecule has 1 unspecified atom stereocenters. The highest BCUT2D eigenvalue weighted by atomic mass is 16.5. The van der Waals surface area contributed by atoms with Gasteiger partial charge < -0.3 is 15.4 Å². The van der Waals surface area contributed by atoms with Crippen LogP contribution < -0.4 is 10.6 Å². The van der Waals surface area contributed by atoms with Gasteiger partial charge in [-0.2, -0.15) is 10.1 Å². The lowest BCUT2D eigenvalue weighted by Crippen LogP contribution is -2.27. The summed E-state index contributed by atoms with van der Waals surface area (Å²) >= 11 is 0. The summed E-state index contributed by atoms with van der Waals surface area (Å²) in [7, 11) is 0. The van der Waals surface area contributed by atoms with E-state index in [2.05, 4.69) is 46.6 Å². The Morgan fingerprint density at radius 2 is 2.28 bits per heavy atom. The van der Waals surface area contributed by atoms with Crippen molar-refractivity contribution in [3.05, 3.63) is 6.20 Å². The Hall–Kier alpha value is -1.43. The number of nitrogens with one attached hydrogen (secondary N) is 2. The lowest BCUT2D eigenvalue weighted by molar-refractivity contribution is 0.120. The Labute approximate surface area is 108 Å². The van der Waals surface area contributed by atoms with Gasteiger partial charge in [-0.15, -0.1) is 5.10 Å². The number of hydrogen-bond donors (Lipinski definition) is 2. The molecule has 1 aliphatic rings. The predicted molar refractivity (Wildman–Crippen MR) is 70.7 cm³/mol. The van der Waals surface area contributed by atoms with Crippen LogP contribution in [0, 0.1) is 0 Å². The van der Waals surface area contributed by atoms with E-state index in [0.29, 0.717) is 5.95 Å². The van der Waals surface area contributed by atoms with Crippen molar-refractivity contribution < 1.29 is 4.74 Å². The van der Waals surface area contributed by atoms with E-state index < -0.39 is 0 Å². The van der Waals surface area contributed by atoms with Gasteiger partial charge in [-0.3, -0.25) is 0 Å². The van der Waals surface area contributed by atoms with Gasteiger partial charge in [-0.05, 0) is 33.6 Å². The highest BCUT2D eigenvalue weighted by molar-refractivity contribution is 5.38. The number of rotatable bonds is 4. The quantitative estimate of drug-likeness (QED) is 0.848. The minimum Gasteiger partial charge on any atom is -0.376 e. The van der Waals surface area contributed by atoms with Crippen molar-refractivity contribution in [2.45, 2.75) is 45.3 Å². The number of nitrogens with zero attached hydrogens (tertiary/aromatic N) is 3. The number of anilines is 2. The normalized spacial score (nSPS) is 19.8. The van der Waals surface area contributed by atoms with Crippen LogP contribution >= 0.6 is 0 Å². The fourth-order valence-electron chi connectivity index (χ4n) is 1.83. The summed E-state index contributed by atoms with van der Waals surface area (Å²) in [5.74, 6) is 1.27. The minimum absolute atomic E-state index is 0.0398. The van der Waals surface area contributed by atoms with Crippen molar-refractivity contribution in [3.8, 4) is 0 Å². The first kappa shape index (κ1) is 13.0. The summed E-state index contributed by atoms with van der Waals surface area (Å²) in [6.45, 7) is 7.83. The average Bonchev–Trinajstić information content (AvgIpc) is 2.77. The summed E-state index contributed by atoms with van der Waals surface area (Å²) in [4.78, 5) is 4.37. The summed E-state index contributed by atoms with van der Waals surface area (Å²) in [6, 6.07) is 0. The van der Waals surface area contributed by atoms with E-state index in [1.165, 1.54) is 0 Å². The number of hydrogen-bond acceptors (Lipinski definition) is 6. The predicted octanol–water partition coefficient (Wildman–Crippen LogP) is 1.67. The maximum atomic E-state index is 5.53. The molecule has 0 bridgehead atoms. The maximum absolute atomic E-state index is 5.53. The average molecular weight is 251 g/mol. The second kappa shape index (κ2) is 5.48. The molecule has 1 aromatic heterocycles. The van der Waals surface area contributed by atoms with Crippen molar-refractivity contribution in [1.29, 1.82) is 0 Å². The van der Waals surface area contributed by atoms with Crippen LogP contribution in [0.3, 0.4) is 0 Å². The molecule has 18 heavy (non-hydrogen) atoms. The van der Waals surface area contributed by atoms with Gasteiger partial charge in [0.25, 0.3) is 0 Å². The van der Waals surface area contributed by atoms with Crippen molar-refractivity contribution in [2.24, 2.45) is 0 Å². The molecule has 100 valence electrons. The Balaban J connectivity index is 1.90. The maximum Gasteiger partial charge on any atom is 0.244 e. The smallest absolute Gasteiger partial charge is 0.244 e. The van der Waals surface area contributed by atoms with Gasteiger partial charge in [-0.25, -0.2) is 0 Å². The fourth-order valence-corrected chi connectivity index (χ4v) is 1.83. The van der Waals surface area contributed by atoms with Gasteiger partial charge in [0, 0.05) is 18.7 Å². The monoisotopic (exact) mass is 251 g/mol. The van der Waals surface area contributed by atoms with Crippen molar-refractivity contribution in [3.63, 3.8) is 0 Å². The molecular weight excluding hydrogens is 230 g/mol. The molecule has 1 aromatic rings. The molecule has 2 rings (SSSR count). The van der Waals surface area contributed by atoms with Gasteiger partial charge in [-0.1, -0.05) is 0 Å². The van der Waals surface area contributed by atoms with Crippen molar-refractivity contribution >= 4 is 11.8 Å². The molecule has 0 radical (unpaired) electrons. The second-order valence-electron chi connectivity index (χ2n) is 5.56. The third-order valence-electron chi connectivity index (χ3n) is 2.57. The summed E-state index contributed by atoms with van der Waals surface area (Å²) in [5, 5.41) is 14.3. The number of ether oxygens (including phenoxy) is 1. The lowest BCUT2D eigenvalue weighted by Gasteiger charge is -2.21. The van der Waals surface area contributed by atoms with Crippen LogP contribution in [0.4, 0.5) is 11.8 Å². The van der Waals surface area contributed by atoms with Crippen molar-refractivity contribution in [2.75, 3.05) is 23.8 Å². The van der Waals surface area contributed by atoms with Gasteiger partial charge in [0.1, 0.15) is 0 Å². The third-order valence-corrected chi connectivity index (χ3v) is 2.57. The molecule has 0 aliphatic carbocycles. The highest BCUT2D eigenvalue weighted by Crippen LogP contribution is 2.14. The molecule has 6 heteroatoms. The molecule has 1 saturated heterocycles. The lowest BCUT2D eigenvalue weighted by atomic mass is 10.1. The van der Waals surface area contributed by atoms with E-state index >= 15 is 0 Å². The summed E-state index contributed by atoms with van der Waals surface area (Å²) < 4.78 is 5.53.